The van der Waals surface area contributed by atoms with Gasteiger partial charge >= 0.3 is 5.97 Å². The molecule has 1 aromatic heterocycles. The minimum Gasteiger partial charge on any atom is -0.497 e. The van der Waals surface area contributed by atoms with Crippen LogP contribution in [0.3, 0.4) is 0 Å². The molecule has 2 heterocycles. The topological polar surface area (TPSA) is 71.6 Å². The van der Waals surface area contributed by atoms with E-state index in [2.05, 4.69) is 4.98 Å². The fourth-order valence-electron chi connectivity index (χ4n) is 3.42. The second-order valence-electron chi connectivity index (χ2n) is 6.38. The first-order chi connectivity index (χ1) is 12.0. The van der Waals surface area contributed by atoms with Crippen LogP contribution in [0.1, 0.15) is 35.8 Å². The molecule has 0 spiro atoms. The van der Waals surface area contributed by atoms with E-state index in [0.29, 0.717) is 25.4 Å². The highest BCUT2D eigenvalue weighted by molar-refractivity contribution is 6.01. The molecular formula is C19H24N2O4. The second-order valence-corrected chi connectivity index (χ2v) is 6.38. The van der Waals surface area contributed by atoms with Crippen molar-refractivity contribution < 1.29 is 19.1 Å². The van der Waals surface area contributed by atoms with Crippen molar-refractivity contribution in [2.45, 2.75) is 26.7 Å². The quantitative estimate of drug-likeness (QED) is 0.866. The van der Waals surface area contributed by atoms with E-state index in [1.165, 1.54) is 0 Å². The first kappa shape index (κ1) is 17.3. The number of likely N-dealkylation sites (tertiary alicyclic amines) is 1. The highest BCUT2D eigenvalue weighted by atomic mass is 16.5. The van der Waals surface area contributed by atoms with Crippen LogP contribution in [0.2, 0.25) is 0 Å². The number of piperidine rings is 1. The average Bonchev–Trinajstić information content (AvgIpc) is 2.97. The molecule has 1 fully saturated rings. The molecule has 3 rings (SSSR count). The van der Waals surface area contributed by atoms with E-state index in [4.69, 9.17) is 9.47 Å². The zero-order valence-electron chi connectivity index (χ0n) is 14.9. The zero-order valence-corrected chi connectivity index (χ0v) is 14.9. The Bertz CT molecular complexity index is 796. The molecule has 6 nitrogen and oxygen atoms in total. The lowest BCUT2D eigenvalue weighted by Crippen LogP contribution is -2.43. The van der Waals surface area contributed by atoms with Crippen molar-refractivity contribution in [2.24, 2.45) is 5.92 Å². The van der Waals surface area contributed by atoms with Gasteiger partial charge in [-0.05, 0) is 50.5 Å². The maximum Gasteiger partial charge on any atom is 0.310 e. The summed E-state index contributed by atoms with van der Waals surface area (Å²) in [5.41, 5.74) is 2.38. The molecule has 1 amide bonds. The highest BCUT2D eigenvalue weighted by Crippen LogP contribution is 2.28. The molecule has 1 aromatic carbocycles. The Hall–Kier alpha value is -2.50. The number of carbonyl (C=O) groups excluding carboxylic acids is 2. The van der Waals surface area contributed by atoms with Crippen LogP contribution in [0.25, 0.3) is 10.9 Å². The van der Waals surface area contributed by atoms with Crippen LogP contribution in [-0.4, -0.2) is 48.6 Å². The molecule has 0 radical (unpaired) electrons. The fraction of sp³-hybridized carbons (Fsp3) is 0.474. The normalized spacial score (nSPS) is 17.6. The predicted octanol–water partition coefficient (Wildman–Crippen LogP) is 2.90. The third kappa shape index (κ3) is 3.34. The number of aromatic amines is 1. The number of H-pyrrole nitrogens is 1. The number of aryl methyl sites for hydroxylation is 1. The van der Waals surface area contributed by atoms with E-state index in [0.717, 1.165) is 35.1 Å². The zero-order chi connectivity index (χ0) is 18.0. The van der Waals surface area contributed by atoms with Crippen molar-refractivity contribution in [3.8, 4) is 5.75 Å². The van der Waals surface area contributed by atoms with Gasteiger partial charge in [-0.2, -0.15) is 0 Å². The van der Waals surface area contributed by atoms with E-state index >= 15 is 0 Å². The maximum atomic E-state index is 13.0. The molecule has 1 atom stereocenters. The van der Waals surface area contributed by atoms with E-state index in [1.807, 2.05) is 25.1 Å². The Labute approximate surface area is 147 Å². The second kappa shape index (κ2) is 7.17. The van der Waals surface area contributed by atoms with Gasteiger partial charge in [0.15, 0.2) is 0 Å². The van der Waals surface area contributed by atoms with Crippen molar-refractivity contribution in [1.29, 1.82) is 0 Å². The molecule has 1 N–H and O–H groups in total. The number of rotatable bonds is 4. The molecule has 0 aliphatic carbocycles. The van der Waals surface area contributed by atoms with Crippen LogP contribution < -0.4 is 4.74 Å². The summed E-state index contributed by atoms with van der Waals surface area (Å²) in [5.74, 6) is 0.246. The maximum absolute atomic E-state index is 13.0. The van der Waals surface area contributed by atoms with Crippen molar-refractivity contribution >= 4 is 22.8 Å². The van der Waals surface area contributed by atoms with Gasteiger partial charge in [0.1, 0.15) is 11.4 Å². The van der Waals surface area contributed by atoms with Crippen LogP contribution in [0.15, 0.2) is 18.2 Å². The van der Waals surface area contributed by atoms with Crippen LogP contribution in [0.4, 0.5) is 0 Å². The molecular weight excluding hydrogens is 320 g/mol. The average molecular weight is 344 g/mol. The van der Waals surface area contributed by atoms with Gasteiger partial charge in [-0.3, -0.25) is 9.59 Å². The summed E-state index contributed by atoms with van der Waals surface area (Å²) in [4.78, 5) is 29.9. The van der Waals surface area contributed by atoms with Crippen molar-refractivity contribution in [2.75, 3.05) is 26.8 Å². The molecule has 1 aliphatic heterocycles. The number of hydrogen-bond acceptors (Lipinski definition) is 4. The van der Waals surface area contributed by atoms with Gasteiger partial charge in [-0.25, -0.2) is 0 Å². The molecule has 134 valence electrons. The molecule has 0 unspecified atom stereocenters. The summed E-state index contributed by atoms with van der Waals surface area (Å²) in [6.07, 6.45) is 1.58. The number of aromatic nitrogens is 1. The summed E-state index contributed by atoms with van der Waals surface area (Å²) in [6.45, 7) is 5.17. The van der Waals surface area contributed by atoms with Crippen molar-refractivity contribution in [3.05, 3.63) is 29.5 Å². The largest absolute Gasteiger partial charge is 0.497 e. The number of nitrogens with zero attached hydrogens (tertiary/aromatic N) is 1. The molecule has 1 aliphatic rings. The molecule has 6 heteroatoms. The minimum absolute atomic E-state index is 0.0679. The Morgan fingerprint density at radius 1 is 1.36 bits per heavy atom. The van der Waals surface area contributed by atoms with E-state index < -0.39 is 0 Å². The van der Waals surface area contributed by atoms with E-state index in [9.17, 15) is 9.59 Å². The van der Waals surface area contributed by atoms with E-state index in [-0.39, 0.29) is 17.8 Å². The molecule has 2 aromatic rings. The third-order valence-electron chi connectivity index (χ3n) is 4.81. The number of amides is 1. The Morgan fingerprint density at radius 3 is 2.88 bits per heavy atom. The van der Waals surface area contributed by atoms with Crippen molar-refractivity contribution in [3.63, 3.8) is 0 Å². The number of carbonyl (C=O) groups is 2. The summed E-state index contributed by atoms with van der Waals surface area (Å²) < 4.78 is 10.4. The Kier molecular flexibility index (Phi) is 4.97. The Balaban J connectivity index is 1.84. The van der Waals surface area contributed by atoms with Gasteiger partial charge < -0.3 is 19.4 Å². The summed E-state index contributed by atoms with van der Waals surface area (Å²) in [5, 5.41) is 0.974. The number of methoxy groups -OCH3 is 1. The molecule has 1 saturated heterocycles. The molecule has 0 saturated carbocycles. The first-order valence-electron chi connectivity index (χ1n) is 8.67. The van der Waals surface area contributed by atoms with Crippen LogP contribution in [0.5, 0.6) is 5.75 Å². The smallest absolute Gasteiger partial charge is 0.310 e. The Morgan fingerprint density at radius 2 is 2.16 bits per heavy atom. The van der Waals surface area contributed by atoms with Gasteiger partial charge in [0.2, 0.25) is 0 Å². The van der Waals surface area contributed by atoms with Crippen LogP contribution in [0, 0.1) is 12.8 Å². The number of nitrogens with one attached hydrogen (secondary N) is 1. The minimum atomic E-state index is -0.234. The standard InChI is InChI=1S/C19H24N2O4/c1-4-25-19(23)13-6-5-9-21(11-13)18(22)17-12(2)15-10-14(24-3)7-8-16(15)20-17/h7-8,10,13,20H,4-6,9,11H2,1-3H3/t13-/m0/s1. The monoisotopic (exact) mass is 344 g/mol. The summed E-state index contributed by atoms with van der Waals surface area (Å²) in [7, 11) is 1.62. The lowest BCUT2D eigenvalue weighted by Gasteiger charge is -2.31. The lowest BCUT2D eigenvalue weighted by atomic mass is 9.97. The van der Waals surface area contributed by atoms with Gasteiger partial charge in [-0.1, -0.05) is 0 Å². The number of fused-ring (bicyclic) bond motifs is 1. The van der Waals surface area contributed by atoms with Crippen molar-refractivity contribution in [1.82, 2.24) is 9.88 Å². The van der Waals surface area contributed by atoms with Gasteiger partial charge in [0.25, 0.3) is 5.91 Å². The third-order valence-corrected chi connectivity index (χ3v) is 4.81. The SMILES string of the molecule is CCOC(=O)[C@H]1CCCN(C(=O)c2[nH]c3ccc(OC)cc3c2C)C1. The van der Waals surface area contributed by atoms with Gasteiger partial charge in [0, 0.05) is 24.0 Å². The fourth-order valence-corrected chi connectivity index (χ4v) is 3.42. The number of ether oxygens (including phenoxy) is 2. The van der Waals surface area contributed by atoms with Crippen LogP contribution in [-0.2, 0) is 9.53 Å². The van der Waals surface area contributed by atoms with Crippen LogP contribution >= 0.6 is 0 Å². The molecule has 25 heavy (non-hydrogen) atoms. The van der Waals surface area contributed by atoms with E-state index in [1.54, 1.807) is 18.9 Å². The van der Waals surface area contributed by atoms with Gasteiger partial charge in [0.05, 0.1) is 19.6 Å². The summed E-state index contributed by atoms with van der Waals surface area (Å²) in [6, 6.07) is 5.70. The summed E-state index contributed by atoms with van der Waals surface area (Å²) >= 11 is 0. The number of esters is 1. The first-order valence-corrected chi connectivity index (χ1v) is 8.67. The predicted molar refractivity (Wildman–Crippen MR) is 94.8 cm³/mol. The highest BCUT2D eigenvalue weighted by Gasteiger charge is 2.31. The molecule has 0 bridgehead atoms. The number of hydrogen-bond donors (Lipinski definition) is 1. The number of benzene rings is 1. The van der Waals surface area contributed by atoms with Gasteiger partial charge in [-0.15, -0.1) is 0 Å². The lowest BCUT2D eigenvalue weighted by molar-refractivity contribution is -0.149.